The van der Waals surface area contributed by atoms with Gasteiger partial charge in [-0.1, -0.05) is 54.4 Å². The van der Waals surface area contributed by atoms with E-state index in [0.717, 1.165) is 18.5 Å². The molecule has 0 bridgehead atoms. The fraction of sp³-hybridized carbons (Fsp3) is 0.250. The molecule has 1 atom stereocenters. The predicted octanol–water partition coefficient (Wildman–Crippen LogP) is 5.69. The maximum atomic E-state index is 6.38. The van der Waals surface area contributed by atoms with Gasteiger partial charge in [0, 0.05) is 3.57 Å². The third-order valence-electron chi connectivity index (χ3n) is 3.07. The molecule has 20 heavy (non-hydrogen) atoms. The lowest BCUT2D eigenvalue weighted by molar-refractivity contribution is 0.598. The minimum absolute atomic E-state index is 0.0656. The predicted molar refractivity (Wildman–Crippen MR) is 95.8 cm³/mol. The molecule has 1 nitrogen and oxygen atoms in total. The van der Waals surface area contributed by atoms with Gasteiger partial charge in [-0.25, -0.2) is 0 Å². The monoisotopic (exact) mass is 419 g/mol. The molecule has 0 saturated heterocycles. The van der Waals surface area contributed by atoms with Gasteiger partial charge in [0.05, 0.1) is 16.1 Å². The molecule has 2 aromatic carbocycles. The molecule has 1 unspecified atom stereocenters. The molecule has 106 valence electrons. The van der Waals surface area contributed by atoms with Crippen molar-refractivity contribution in [3.63, 3.8) is 0 Å². The minimum Gasteiger partial charge on any atom is -0.306 e. The van der Waals surface area contributed by atoms with Gasteiger partial charge in [0.25, 0.3) is 0 Å². The van der Waals surface area contributed by atoms with E-state index < -0.39 is 0 Å². The van der Waals surface area contributed by atoms with Crippen molar-refractivity contribution in [1.29, 1.82) is 0 Å². The van der Waals surface area contributed by atoms with E-state index in [2.05, 4.69) is 59.1 Å². The molecule has 0 aliphatic heterocycles. The molecular formula is C16H16Cl2IN. The van der Waals surface area contributed by atoms with Crippen molar-refractivity contribution in [3.05, 3.63) is 67.2 Å². The minimum atomic E-state index is 0.0656. The van der Waals surface area contributed by atoms with Crippen LogP contribution in [0.3, 0.4) is 0 Å². The van der Waals surface area contributed by atoms with E-state index in [4.69, 9.17) is 23.2 Å². The van der Waals surface area contributed by atoms with Crippen LogP contribution in [0.25, 0.3) is 0 Å². The summed E-state index contributed by atoms with van der Waals surface area (Å²) in [6.45, 7) is 3.08. The number of halogens is 3. The lowest BCUT2D eigenvalue weighted by Crippen LogP contribution is -2.23. The summed E-state index contributed by atoms with van der Waals surface area (Å²) < 4.78 is 1.21. The fourth-order valence-corrected chi connectivity index (χ4v) is 3.11. The quantitative estimate of drug-likeness (QED) is 0.614. The Bertz CT molecular complexity index is 586. The van der Waals surface area contributed by atoms with Gasteiger partial charge in [-0.15, -0.1) is 0 Å². The normalized spacial score (nSPS) is 12.4. The number of hydrogen-bond donors (Lipinski definition) is 1. The van der Waals surface area contributed by atoms with Crippen molar-refractivity contribution in [2.75, 3.05) is 6.54 Å². The molecule has 2 rings (SSSR count). The van der Waals surface area contributed by atoms with Crippen LogP contribution in [0.15, 0.2) is 42.5 Å². The van der Waals surface area contributed by atoms with Gasteiger partial charge in [0.1, 0.15) is 0 Å². The molecule has 0 spiro atoms. The van der Waals surface area contributed by atoms with Crippen LogP contribution in [0.4, 0.5) is 0 Å². The van der Waals surface area contributed by atoms with Crippen molar-refractivity contribution in [1.82, 2.24) is 5.32 Å². The van der Waals surface area contributed by atoms with Gasteiger partial charge in [0.2, 0.25) is 0 Å². The average molecular weight is 420 g/mol. The van der Waals surface area contributed by atoms with Crippen molar-refractivity contribution in [2.24, 2.45) is 0 Å². The average Bonchev–Trinajstić information content (AvgIpc) is 2.44. The van der Waals surface area contributed by atoms with Crippen LogP contribution in [0.1, 0.15) is 30.5 Å². The first-order chi connectivity index (χ1) is 9.63. The Kier molecular flexibility index (Phi) is 6.15. The Morgan fingerprint density at radius 2 is 1.90 bits per heavy atom. The van der Waals surface area contributed by atoms with E-state index in [-0.39, 0.29) is 6.04 Å². The van der Waals surface area contributed by atoms with Crippen LogP contribution in [0.5, 0.6) is 0 Å². The highest BCUT2D eigenvalue weighted by molar-refractivity contribution is 14.1. The zero-order chi connectivity index (χ0) is 14.5. The van der Waals surface area contributed by atoms with Crippen LogP contribution in [0, 0.1) is 3.57 Å². The summed E-state index contributed by atoms with van der Waals surface area (Å²) >= 11 is 14.9. The number of hydrogen-bond acceptors (Lipinski definition) is 1. The highest BCUT2D eigenvalue weighted by Gasteiger charge is 2.17. The molecule has 2 aromatic rings. The molecule has 0 heterocycles. The highest BCUT2D eigenvalue weighted by atomic mass is 127. The maximum absolute atomic E-state index is 6.38. The van der Waals surface area contributed by atoms with Crippen molar-refractivity contribution >= 4 is 45.8 Å². The third-order valence-corrected chi connectivity index (χ3v) is 4.58. The summed E-state index contributed by atoms with van der Waals surface area (Å²) in [6.07, 6.45) is 1.07. The number of benzene rings is 2. The van der Waals surface area contributed by atoms with Crippen molar-refractivity contribution < 1.29 is 0 Å². The van der Waals surface area contributed by atoms with Crippen LogP contribution in [0.2, 0.25) is 10.0 Å². The lowest BCUT2D eigenvalue weighted by Gasteiger charge is -2.21. The number of nitrogens with one attached hydrogen (secondary N) is 1. The summed E-state index contributed by atoms with van der Waals surface area (Å²) in [5, 5.41) is 4.77. The molecule has 4 heteroatoms. The van der Waals surface area contributed by atoms with E-state index in [1.807, 2.05) is 18.2 Å². The van der Waals surface area contributed by atoms with Gasteiger partial charge in [-0.2, -0.15) is 0 Å². The Balaban J connectivity index is 2.44. The van der Waals surface area contributed by atoms with Gasteiger partial charge in [0.15, 0.2) is 0 Å². The second-order valence-corrected chi connectivity index (χ2v) is 6.62. The van der Waals surface area contributed by atoms with Crippen LogP contribution in [-0.4, -0.2) is 6.54 Å². The van der Waals surface area contributed by atoms with E-state index >= 15 is 0 Å². The van der Waals surface area contributed by atoms with E-state index in [0.29, 0.717) is 10.0 Å². The third kappa shape index (κ3) is 3.88. The zero-order valence-corrected chi connectivity index (χ0v) is 14.8. The molecular weight excluding hydrogens is 404 g/mol. The van der Waals surface area contributed by atoms with E-state index in [1.54, 1.807) is 0 Å². The fourth-order valence-electron chi connectivity index (χ4n) is 2.13. The topological polar surface area (TPSA) is 12.0 Å². The maximum Gasteiger partial charge on any atom is 0.0643 e. The molecule has 0 fully saturated rings. The summed E-state index contributed by atoms with van der Waals surface area (Å²) in [4.78, 5) is 0. The zero-order valence-electron chi connectivity index (χ0n) is 11.2. The molecule has 0 amide bonds. The summed E-state index contributed by atoms with van der Waals surface area (Å²) in [6, 6.07) is 14.3. The van der Waals surface area contributed by atoms with Crippen LogP contribution < -0.4 is 5.32 Å². The first kappa shape index (κ1) is 16.1. The second-order valence-electron chi connectivity index (χ2n) is 4.59. The molecule has 0 aromatic heterocycles. The van der Waals surface area contributed by atoms with Crippen LogP contribution in [-0.2, 0) is 0 Å². The first-order valence-corrected chi connectivity index (χ1v) is 8.39. The second kappa shape index (κ2) is 7.64. The Morgan fingerprint density at radius 3 is 2.60 bits per heavy atom. The Labute approximate surface area is 143 Å². The Morgan fingerprint density at radius 1 is 1.15 bits per heavy atom. The van der Waals surface area contributed by atoms with E-state index in [9.17, 15) is 0 Å². The molecule has 0 saturated carbocycles. The largest absolute Gasteiger partial charge is 0.306 e. The lowest BCUT2D eigenvalue weighted by atomic mass is 9.98. The van der Waals surface area contributed by atoms with Gasteiger partial charge < -0.3 is 5.32 Å². The standard InChI is InChI=1S/C16H16Cl2IN/c1-2-9-20-16(11-5-3-6-12(19)10-11)13-7-4-8-14(17)15(13)18/h3-8,10,16,20H,2,9H2,1H3. The highest BCUT2D eigenvalue weighted by Crippen LogP contribution is 2.33. The Hall–Kier alpha value is -0.290. The SMILES string of the molecule is CCCNC(c1cccc(I)c1)c1cccc(Cl)c1Cl. The summed E-state index contributed by atoms with van der Waals surface area (Å²) in [5.74, 6) is 0. The molecule has 0 radical (unpaired) electrons. The van der Waals surface area contributed by atoms with Crippen molar-refractivity contribution in [3.8, 4) is 0 Å². The number of rotatable bonds is 5. The molecule has 1 N–H and O–H groups in total. The van der Waals surface area contributed by atoms with Crippen LogP contribution >= 0.6 is 45.8 Å². The smallest absolute Gasteiger partial charge is 0.0643 e. The van der Waals surface area contributed by atoms with E-state index in [1.165, 1.54) is 9.13 Å². The first-order valence-electron chi connectivity index (χ1n) is 6.56. The van der Waals surface area contributed by atoms with Gasteiger partial charge in [-0.3, -0.25) is 0 Å². The van der Waals surface area contributed by atoms with Gasteiger partial charge in [-0.05, 0) is 64.9 Å². The molecule has 0 aliphatic carbocycles. The van der Waals surface area contributed by atoms with Gasteiger partial charge >= 0.3 is 0 Å². The molecule has 0 aliphatic rings. The summed E-state index contributed by atoms with van der Waals surface area (Å²) in [5.41, 5.74) is 2.23. The summed E-state index contributed by atoms with van der Waals surface area (Å²) in [7, 11) is 0. The van der Waals surface area contributed by atoms with Crippen molar-refractivity contribution in [2.45, 2.75) is 19.4 Å².